The van der Waals surface area contributed by atoms with Crippen LogP contribution in [0.25, 0.3) is 0 Å². The van der Waals surface area contributed by atoms with E-state index in [-0.39, 0.29) is 0 Å². The molecule has 1 unspecified atom stereocenters. The standard InChI is InChI=1S/C13H24N2/c1-2-3-4-7-13(10-11-14)8-5-12(15)6-9-13/h5-6,8H,2-4,7,9-11,14-15H2,1H3. The molecule has 1 aliphatic carbocycles. The average Bonchev–Trinajstić information content (AvgIpc) is 2.23. The molecule has 86 valence electrons. The molecule has 15 heavy (non-hydrogen) atoms. The van der Waals surface area contributed by atoms with Crippen molar-refractivity contribution in [2.75, 3.05) is 6.54 Å². The molecule has 0 aliphatic heterocycles. The Kier molecular flexibility index (Phi) is 4.89. The van der Waals surface area contributed by atoms with Crippen LogP contribution in [-0.2, 0) is 0 Å². The summed E-state index contributed by atoms with van der Waals surface area (Å²) in [6.07, 6.45) is 13.8. The minimum absolute atomic E-state index is 0.298. The van der Waals surface area contributed by atoms with E-state index in [1.54, 1.807) is 0 Å². The molecule has 0 radical (unpaired) electrons. The van der Waals surface area contributed by atoms with Gasteiger partial charge >= 0.3 is 0 Å². The number of hydrogen-bond donors (Lipinski definition) is 2. The molecule has 0 aromatic rings. The number of nitrogens with two attached hydrogens (primary N) is 2. The van der Waals surface area contributed by atoms with Crippen molar-refractivity contribution in [3.05, 3.63) is 23.9 Å². The van der Waals surface area contributed by atoms with Gasteiger partial charge in [-0.1, -0.05) is 38.3 Å². The van der Waals surface area contributed by atoms with Crippen LogP contribution in [0.5, 0.6) is 0 Å². The fourth-order valence-corrected chi connectivity index (χ4v) is 2.24. The smallest absolute Gasteiger partial charge is 0.0270 e. The van der Waals surface area contributed by atoms with Crippen molar-refractivity contribution in [1.29, 1.82) is 0 Å². The normalized spacial score (nSPS) is 25.3. The zero-order chi connectivity index (χ0) is 11.1. The molecule has 0 heterocycles. The molecule has 1 rings (SSSR count). The van der Waals surface area contributed by atoms with Crippen LogP contribution in [0.15, 0.2) is 23.9 Å². The summed E-state index contributed by atoms with van der Waals surface area (Å²) in [7, 11) is 0. The second-order valence-electron chi connectivity index (χ2n) is 4.60. The van der Waals surface area contributed by atoms with Crippen LogP contribution in [0, 0.1) is 5.41 Å². The van der Waals surface area contributed by atoms with Crippen LogP contribution < -0.4 is 11.5 Å². The topological polar surface area (TPSA) is 52.0 Å². The summed E-state index contributed by atoms with van der Waals surface area (Å²) < 4.78 is 0. The van der Waals surface area contributed by atoms with E-state index in [1.165, 1.54) is 25.7 Å². The minimum atomic E-state index is 0.298. The van der Waals surface area contributed by atoms with Crippen molar-refractivity contribution in [2.45, 2.75) is 45.4 Å². The van der Waals surface area contributed by atoms with Crippen LogP contribution in [-0.4, -0.2) is 6.54 Å². The van der Waals surface area contributed by atoms with E-state index >= 15 is 0 Å². The predicted octanol–water partition coefficient (Wildman–Crippen LogP) is 2.70. The van der Waals surface area contributed by atoms with Gasteiger partial charge in [-0.3, -0.25) is 0 Å². The van der Waals surface area contributed by atoms with Crippen LogP contribution in [0.1, 0.15) is 45.4 Å². The Morgan fingerprint density at radius 2 is 2.13 bits per heavy atom. The molecule has 0 amide bonds. The Bertz CT molecular complexity index is 243. The van der Waals surface area contributed by atoms with Crippen LogP contribution in [0.2, 0.25) is 0 Å². The first-order valence-electron chi connectivity index (χ1n) is 6.07. The highest BCUT2D eigenvalue weighted by Crippen LogP contribution is 2.37. The fraction of sp³-hybridized carbons (Fsp3) is 0.692. The lowest BCUT2D eigenvalue weighted by molar-refractivity contribution is 0.314. The van der Waals surface area contributed by atoms with Crippen molar-refractivity contribution in [3.63, 3.8) is 0 Å². The number of unbranched alkanes of at least 4 members (excludes halogenated alkanes) is 2. The number of rotatable bonds is 6. The van der Waals surface area contributed by atoms with E-state index < -0.39 is 0 Å². The molecule has 0 bridgehead atoms. The third kappa shape index (κ3) is 3.71. The van der Waals surface area contributed by atoms with Crippen LogP contribution >= 0.6 is 0 Å². The minimum Gasteiger partial charge on any atom is -0.399 e. The fourth-order valence-electron chi connectivity index (χ4n) is 2.24. The molecule has 0 spiro atoms. The second-order valence-corrected chi connectivity index (χ2v) is 4.60. The largest absolute Gasteiger partial charge is 0.399 e. The zero-order valence-corrected chi connectivity index (χ0v) is 9.84. The van der Waals surface area contributed by atoms with Gasteiger partial charge in [-0.15, -0.1) is 0 Å². The lowest BCUT2D eigenvalue weighted by Crippen LogP contribution is -2.24. The highest BCUT2D eigenvalue weighted by molar-refractivity contribution is 5.24. The van der Waals surface area contributed by atoms with Crippen LogP contribution in [0.3, 0.4) is 0 Å². The molecule has 4 N–H and O–H groups in total. The van der Waals surface area contributed by atoms with Crippen molar-refractivity contribution in [2.24, 2.45) is 16.9 Å². The zero-order valence-electron chi connectivity index (χ0n) is 9.84. The third-order valence-corrected chi connectivity index (χ3v) is 3.29. The molecular formula is C13H24N2. The SMILES string of the molecule is CCCCCC1(CCN)C=CC(N)=CC1. The number of allylic oxidation sites excluding steroid dienone is 3. The predicted molar refractivity (Wildman–Crippen MR) is 66.3 cm³/mol. The molecular weight excluding hydrogens is 184 g/mol. The molecule has 0 aromatic heterocycles. The average molecular weight is 208 g/mol. The molecule has 1 atom stereocenters. The van der Waals surface area contributed by atoms with Crippen molar-refractivity contribution in [1.82, 2.24) is 0 Å². The monoisotopic (exact) mass is 208 g/mol. The van der Waals surface area contributed by atoms with E-state index in [1.807, 2.05) is 6.08 Å². The van der Waals surface area contributed by atoms with Gasteiger partial charge in [0.05, 0.1) is 0 Å². The maximum Gasteiger partial charge on any atom is 0.0270 e. The van der Waals surface area contributed by atoms with E-state index in [2.05, 4.69) is 19.1 Å². The molecule has 2 nitrogen and oxygen atoms in total. The Morgan fingerprint density at radius 3 is 2.67 bits per heavy atom. The first-order chi connectivity index (χ1) is 7.22. The van der Waals surface area contributed by atoms with Gasteiger partial charge in [0, 0.05) is 5.70 Å². The maximum atomic E-state index is 5.75. The molecule has 0 saturated carbocycles. The third-order valence-electron chi connectivity index (χ3n) is 3.29. The summed E-state index contributed by atoms with van der Waals surface area (Å²) in [5.41, 5.74) is 12.6. The van der Waals surface area contributed by atoms with Gasteiger partial charge in [0.2, 0.25) is 0 Å². The summed E-state index contributed by atoms with van der Waals surface area (Å²) in [4.78, 5) is 0. The van der Waals surface area contributed by atoms with Gasteiger partial charge in [-0.25, -0.2) is 0 Å². The molecule has 1 aliphatic rings. The van der Waals surface area contributed by atoms with Crippen molar-refractivity contribution >= 4 is 0 Å². The lowest BCUT2D eigenvalue weighted by atomic mass is 9.74. The molecule has 2 heteroatoms. The van der Waals surface area contributed by atoms with Crippen molar-refractivity contribution < 1.29 is 0 Å². The van der Waals surface area contributed by atoms with E-state index in [0.29, 0.717) is 5.41 Å². The summed E-state index contributed by atoms with van der Waals surface area (Å²) in [5.74, 6) is 0. The van der Waals surface area contributed by atoms with Gasteiger partial charge in [0.15, 0.2) is 0 Å². The Balaban J connectivity index is 2.52. The molecule has 0 aromatic carbocycles. The van der Waals surface area contributed by atoms with Gasteiger partial charge in [-0.05, 0) is 37.3 Å². The Labute approximate surface area is 93.4 Å². The second kappa shape index (κ2) is 5.96. The van der Waals surface area contributed by atoms with Crippen LogP contribution in [0.4, 0.5) is 0 Å². The maximum absolute atomic E-state index is 5.75. The summed E-state index contributed by atoms with van der Waals surface area (Å²) in [5, 5.41) is 0. The van der Waals surface area contributed by atoms with Gasteiger partial charge < -0.3 is 11.5 Å². The highest BCUT2D eigenvalue weighted by atomic mass is 14.6. The Morgan fingerprint density at radius 1 is 1.33 bits per heavy atom. The van der Waals surface area contributed by atoms with Gasteiger partial charge in [0.25, 0.3) is 0 Å². The van der Waals surface area contributed by atoms with Gasteiger partial charge in [-0.2, -0.15) is 0 Å². The molecule has 0 fully saturated rings. The van der Waals surface area contributed by atoms with E-state index in [4.69, 9.17) is 11.5 Å². The van der Waals surface area contributed by atoms with E-state index in [0.717, 1.165) is 25.1 Å². The first-order valence-corrected chi connectivity index (χ1v) is 6.07. The first kappa shape index (κ1) is 12.3. The Hall–Kier alpha value is -0.760. The summed E-state index contributed by atoms with van der Waals surface area (Å²) >= 11 is 0. The summed E-state index contributed by atoms with van der Waals surface area (Å²) in [6, 6.07) is 0. The van der Waals surface area contributed by atoms with E-state index in [9.17, 15) is 0 Å². The van der Waals surface area contributed by atoms with Crippen molar-refractivity contribution in [3.8, 4) is 0 Å². The highest BCUT2D eigenvalue weighted by Gasteiger charge is 2.26. The quantitative estimate of drug-likeness (QED) is 0.659. The van der Waals surface area contributed by atoms with Gasteiger partial charge in [0.1, 0.15) is 0 Å². The lowest BCUT2D eigenvalue weighted by Gasteiger charge is -2.31. The molecule has 0 saturated heterocycles. The summed E-state index contributed by atoms with van der Waals surface area (Å²) in [6.45, 7) is 3.01. The number of hydrogen-bond acceptors (Lipinski definition) is 2.